The number of nitrogens with zero attached hydrogens (tertiary/aromatic N) is 1. The second-order valence-corrected chi connectivity index (χ2v) is 6.41. The lowest BCUT2D eigenvalue weighted by atomic mass is 9.83. The fourth-order valence-electron chi connectivity index (χ4n) is 3.92. The predicted molar refractivity (Wildman–Crippen MR) is 72.1 cm³/mol. The van der Waals surface area contributed by atoms with Gasteiger partial charge >= 0.3 is 0 Å². The average molecular weight is 250 g/mol. The van der Waals surface area contributed by atoms with Crippen LogP contribution in [0.2, 0.25) is 0 Å². The SMILES string of the molecule is CCNC(CC1CC2CCC1C2)c1cscn1. The molecule has 94 valence electrons. The van der Waals surface area contributed by atoms with Crippen LogP contribution in [0.25, 0.3) is 0 Å². The summed E-state index contributed by atoms with van der Waals surface area (Å²) in [4.78, 5) is 4.50. The Morgan fingerprint density at radius 1 is 1.47 bits per heavy atom. The normalized spacial score (nSPS) is 33.1. The minimum atomic E-state index is 0.496. The van der Waals surface area contributed by atoms with Gasteiger partial charge in [-0.05, 0) is 50.0 Å². The van der Waals surface area contributed by atoms with Crippen molar-refractivity contribution in [1.82, 2.24) is 10.3 Å². The van der Waals surface area contributed by atoms with Crippen LogP contribution in [-0.2, 0) is 0 Å². The highest BCUT2D eigenvalue weighted by atomic mass is 32.1. The number of aromatic nitrogens is 1. The average Bonchev–Trinajstić information content (AvgIpc) is 3.06. The maximum absolute atomic E-state index is 4.50. The molecule has 0 amide bonds. The van der Waals surface area contributed by atoms with E-state index in [0.717, 1.165) is 24.3 Å². The van der Waals surface area contributed by atoms with E-state index in [0.29, 0.717) is 6.04 Å². The molecule has 0 saturated heterocycles. The van der Waals surface area contributed by atoms with Gasteiger partial charge in [-0.15, -0.1) is 11.3 Å². The van der Waals surface area contributed by atoms with Gasteiger partial charge in [-0.2, -0.15) is 0 Å². The first-order valence-corrected chi connectivity index (χ1v) is 7.92. The van der Waals surface area contributed by atoms with Crippen molar-refractivity contribution in [2.24, 2.45) is 17.8 Å². The zero-order chi connectivity index (χ0) is 11.7. The fourth-order valence-corrected chi connectivity index (χ4v) is 4.52. The third-order valence-electron chi connectivity index (χ3n) is 4.68. The van der Waals surface area contributed by atoms with Gasteiger partial charge in [-0.25, -0.2) is 4.98 Å². The molecule has 2 nitrogen and oxygen atoms in total. The van der Waals surface area contributed by atoms with Crippen LogP contribution in [0.1, 0.15) is 50.8 Å². The minimum Gasteiger partial charge on any atom is -0.309 e. The minimum absolute atomic E-state index is 0.496. The molecule has 0 aliphatic heterocycles. The molecule has 0 aromatic carbocycles. The van der Waals surface area contributed by atoms with Gasteiger partial charge < -0.3 is 5.32 Å². The molecule has 2 aliphatic carbocycles. The smallest absolute Gasteiger partial charge is 0.0795 e. The maximum atomic E-state index is 4.50. The van der Waals surface area contributed by atoms with Crippen LogP contribution in [0.5, 0.6) is 0 Å². The van der Waals surface area contributed by atoms with Crippen molar-refractivity contribution in [3.05, 3.63) is 16.6 Å². The van der Waals surface area contributed by atoms with E-state index in [4.69, 9.17) is 0 Å². The molecule has 1 aromatic rings. The topological polar surface area (TPSA) is 24.9 Å². The predicted octanol–water partition coefficient (Wildman–Crippen LogP) is 3.62. The molecule has 17 heavy (non-hydrogen) atoms. The molecule has 4 atom stereocenters. The van der Waals surface area contributed by atoms with Gasteiger partial charge in [0.15, 0.2) is 0 Å². The summed E-state index contributed by atoms with van der Waals surface area (Å²) in [6.45, 7) is 3.24. The Labute approximate surface area is 108 Å². The number of nitrogens with one attached hydrogen (secondary N) is 1. The molecular weight excluding hydrogens is 228 g/mol. The van der Waals surface area contributed by atoms with Crippen molar-refractivity contribution in [1.29, 1.82) is 0 Å². The molecule has 0 radical (unpaired) electrons. The van der Waals surface area contributed by atoms with Crippen LogP contribution in [0, 0.1) is 17.8 Å². The van der Waals surface area contributed by atoms with Crippen LogP contribution < -0.4 is 5.32 Å². The molecule has 2 bridgehead atoms. The van der Waals surface area contributed by atoms with Gasteiger partial charge in [0.25, 0.3) is 0 Å². The van der Waals surface area contributed by atoms with E-state index >= 15 is 0 Å². The van der Waals surface area contributed by atoms with E-state index in [1.54, 1.807) is 11.3 Å². The third-order valence-corrected chi connectivity index (χ3v) is 5.29. The molecule has 2 fully saturated rings. The van der Waals surface area contributed by atoms with E-state index in [1.807, 2.05) is 5.51 Å². The molecule has 2 saturated carbocycles. The lowest BCUT2D eigenvalue weighted by Crippen LogP contribution is -2.25. The lowest BCUT2D eigenvalue weighted by Gasteiger charge is -2.26. The standard InChI is InChI=1S/C14H22N2S/c1-2-15-13(14-8-17-9-16-14)7-12-6-10-3-4-11(12)5-10/h8-13,15H,2-7H2,1H3. The molecule has 1 heterocycles. The second kappa shape index (κ2) is 5.07. The summed E-state index contributed by atoms with van der Waals surface area (Å²) in [5.41, 5.74) is 3.22. The van der Waals surface area contributed by atoms with Crippen molar-refractivity contribution in [2.75, 3.05) is 6.54 Å². The van der Waals surface area contributed by atoms with Crippen LogP contribution in [0.15, 0.2) is 10.9 Å². The van der Waals surface area contributed by atoms with Crippen LogP contribution in [0.4, 0.5) is 0 Å². The molecule has 2 aliphatic rings. The van der Waals surface area contributed by atoms with Crippen LogP contribution in [0.3, 0.4) is 0 Å². The van der Waals surface area contributed by atoms with E-state index in [-0.39, 0.29) is 0 Å². The Kier molecular flexibility index (Phi) is 3.48. The molecule has 3 rings (SSSR count). The van der Waals surface area contributed by atoms with Crippen LogP contribution >= 0.6 is 11.3 Å². The van der Waals surface area contributed by atoms with Gasteiger partial charge in [0.05, 0.1) is 17.2 Å². The Bertz CT molecular complexity index is 349. The summed E-state index contributed by atoms with van der Waals surface area (Å²) in [6, 6.07) is 0.496. The quantitative estimate of drug-likeness (QED) is 0.863. The summed E-state index contributed by atoms with van der Waals surface area (Å²) in [5.74, 6) is 3.04. The Balaban J connectivity index is 1.65. The summed E-state index contributed by atoms with van der Waals surface area (Å²) in [6.07, 6.45) is 7.30. The maximum Gasteiger partial charge on any atom is 0.0795 e. The van der Waals surface area contributed by atoms with E-state index in [2.05, 4.69) is 22.6 Å². The monoisotopic (exact) mass is 250 g/mol. The van der Waals surface area contributed by atoms with E-state index in [1.165, 1.54) is 37.8 Å². The third kappa shape index (κ3) is 2.41. The van der Waals surface area contributed by atoms with Gasteiger partial charge in [0.2, 0.25) is 0 Å². The molecule has 1 N–H and O–H groups in total. The van der Waals surface area contributed by atoms with Crippen molar-refractivity contribution in [3.63, 3.8) is 0 Å². The number of rotatable bonds is 5. The number of hydrogen-bond acceptors (Lipinski definition) is 3. The summed E-state index contributed by atoms with van der Waals surface area (Å²) in [7, 11) is 0. The van der Waals surface area contributed by atoms with Crippen molar-refractivity contribution in [3.8, 4) is 0 Å². The summed E-state index contributed by atoms with van der Waals surface area (Å²) >= 11 is 1.72. The van der Waals surface area contributed by atoms with Gasteiger partial charge in [-0.1, -0.05) is 13.3 Å². The Hall–Kier alpha value is -0.410. The van der Waals surface area contributed by atoms with Gasteiger partial charge in [-0.3, -0.25) is 0 Å². The number of fused-ring (bicyclic) bond motifs is 2. The fraction of sp³-hybridized carbons (Fsp3) is 0.786. The number of thiazole rings is 1. The summed E-state index contributed by atoms with van der Waals surface area (Å²) in [5, 5.41) is 5.82. The number of hydrogen-bond donors (Lipinski definition) is 1. The molecular formula is C14H22N2S. The van der Waals surface area contributed by atoms with E-state index in [9.17, 15) is 0 Å². The molecule has 3 heteroatoms. The zero-order valence-electron chi connectivity index (χ0n) is 10.6. The first kappa shape index (κ1) is 11.7. The highest BCUT2D eigenvalue weighted by molar-refractivity contribution is 7.07. The highest BCUT2D eigenvalue weighted by Gasteiger charge is 2.40. The summed E-state index contributed by atoms with van der Waals surface area (Å²) < 4.78 is 0. The Morgan fingerprint density at radius 3 is 3.00 bits per heavy atom. The second-order valence-electron chi connectivity index (χ2n) is 5.69. The zero-order valence-corrected chi connectivity index (χ0v) is 11.4. The van der Waals surface area contributed by atoms with E-state index < -0.39 is 0 Å². The van der Waals surface area contributed by atoms with Crippen LogP contribution in [-0.4, -0.2) is 11.5 Å². The van der Waals surface area contributed by atoms with Crippen molar-refractivity contribution in [2.45, 2.75) is 45.1 Å². The van der Waals surface area contributed by atoms with Crippen molar-refractivity contribution >= 4 is 11.3 Å². The van der Waals surface area contributed by atoms with Crippen molar-refractivity contribution < 1.29 is 0 Å². The largest absolute Gasteiger partial charge is 0.309 e. The molecule has 0 spiro atoms. The van der Waals surface area contributed by atoms with Gasteiger partial charge in [0, 0.05) is 5.38 Å². The molecule has 1 aromatic heterocycles. The molecule has 4 unspecified atom stereocenters. The van der Waals surface area contributed by atoms with Gasteiger partial charge in [0.1, 0.15) is 0 Å². The Morgan fingerprint density at radius 2 is 2.41 bits per heavy atom. The highest BCUT2D eigenvalue weighted by Crippen LogP contribution is 2.50. The first-order chi connectivity index (χ1) is 8.36. The first-order valence-electron chi connectivity index (χ1n) is 6.98. The lowest BCUT2D eigenvalue weighted by molar-refractivity contribution is 0.279.